The summed E-state index contributed by atoms with van der Waals surface area (Å²) in [7, 11) is 1.96. The highest BCUT2D eigenvalue weighted by atomic mass is 16.4. The zero-order chi connectivity index (χ0) is 11.4. The number of nitrogens with zero attached hydrogens (tertiary/aromatic N) is 1. The van der Waals surface area contributed by atoms with E-state index in [-0.39, 0.29) is 6.04 Å². The Bertz CT molecular complexity index is 218. The van der Waals surface area contributed by atoms with Crippen molar-refractivity contribution < 1.29 is 9.90 Å². The number of carboxylic acids is 1. The van der Waals surface area contributed by atoms with Gasteiger partial charge in [0.2, 0.25) is 0 Å². The second kappa shape index (κ2) is 5.50. The Morgan fingerprint density at radius 1 is 1.53 bits per heavy atom. The van der Waals surface area contributed by atoms with Crippen LogP contribution >= 0.6 is 0 Å². The molecule has 0 heterocycles. The number of hydrogen-bond donors (Lipinski definition) is 1. The summed E-state index contributed by atoms with van der Waals surface area (Å²) >= 11 is 0. The molecule has 0 aromatic rings. The maximum absolute atomic E-state index is 11.1. The smallest absolute Gasteiger partial charge is 0.320 e. The van der Waals surface area contributed by atoms with E-state index in [1.54, 1.807) is 0 Å². The summed E-state index contributed by atoms with van der Waals surface area (Å²) < 4.78 is 0. The Kier molecular flexibility index (Phi) is 4.58. The minimum absolute atomic E-state index is 0.305. The van der Waals surface area contributed by atoms with Gasteiger partial charge in [-0.1, -0.05) is 26.7 Å². The number of rotatable bonds is 4. The Labute approximate surface area is 92.5 Å². The highest BCUT2D eigenvalue weighted by molar-refractivity contribution is 5.73. The van der Waals surface area contributed by atoms with Gasteiger partial charge in [0.1, 0.15) is 6.04 Å². The van der Waals surface area contributed by atoms with Gasteiger partial charge in [-0.15, -0.1) is 0 Å². The molecule has 1 aliphatic carbocycles. The van der Waals surface area contributed by atoms with Crippen molar-refractivity contribution in [3.05, 3.63) is 0 Å². The van der Waals surface area contributed by atoms with Crippen LogP contribution in [0, 0.1) is 5.92 Å². The lowest BCUT2D eigenvalue weighted by molar-refractivity contribution is -0.144. The van der Waals surface area contributed by atoms with Gasteiger partial charge >= 0.3 is 5.97 Å². The second-order valence-electron chi connectivity index (χ2n) is 4.85. The summed E-state index contributed by atoms with van der Waals surface area (Å²) in [5.74, 6) is 0.0655. The van der Waals surface area contributed by atoms with Crippen LogP contribution < -0.4 is 0 Å². The molecule has 15 heavy (non-hydrogen) atoms. The van der Waals surface area contributed by atoms with E-state index in [9.17, 15) is 4.79 Å². The number of aliphatic carboxylic acids is 1. The van der Waals surface area contributed by atoms with Gasteiger partial charge in [0, 0.05) is 6.04 Å². The molecule has 3 nitrogen and oxygen atoms in total. The van der Waals surface area contributed by atoms with Crippen molar-refractivity contribution in [3.8, 4) is 0 Å². The molecule has 1 fully saturated rings. The number of hydrogen-bond acceptors (Lipinski definition) is 2. The van der Waals surface area contributed by atoms with Crippen LogP contribution in [-0.2, 0) is 4.79 Å². The number of likely N-dealkylation sites (N-methyl/N-ethyl adjacent to an activating group) is 1. The molecule has 0 radical (unpaired) electrons. The summed E-state index contributed by atoms with van der Waals surface area (Å²) in [6.07, 6.45) is 5.54. The molecular formula is C12H23NO2. The molecule has 0 spiro atoms. The largest absolute Gasteiger partial charge is 0.480 e. The predicted molar refractivity (Wildman–Crippen MR) is 60.9 cm³/mol. The average Bonchev–Trinajstić information content (AvgIpc) is 2.18. The van der Waals surface area contributed by atoms with Gasteiger partial charge in [0.15, 0.2) is 0 Å². The van der Waals surface area contributed by atoms with Gasteiger partial charge in [-0.2, -0.15) is 0 Å². The first-order valence-corrected chi connectivity index (χ1v) is 6.01. The van der Waals surface area contributed by atoms with E-state index >= 15 is 0 Å². The highest BCUT2D eigenvalue weighted by Gasteiger charge is 2.29. The average molecular weight is 213 g/mol. The topological polar surface area (TPSA) is 40.5 Å². The maximum atomic E-state index is 11.1. The van der Waals surface area contributed by atoms with Gasteiger partial charge in [-0.05, 0) is 32.2 Å². The third-order valence-corrected chi connectivity index (χ3v) is 3.65. The molecule has 0 aromatic heterocycles. The normalized spacial score (nSPS) is 29.1. The standard InChI is InChI=1S/C12H23NO2/c1-4-11(12(14)15)13(3)10-7-5-6-9(2)8-10/h9-11H,4-8H2,1-3H3,(H,14,15). The first kappa shape index (κ1) is 12.5. The van der Waals surface area contributed by atoms with Gasteiger partial charge in [0.05, 0.1) is 0 Å². The fourth-order valence-corrected chi connectivity index (χ4v) is 2.66. The molecule has 0 saturated heterocycles. The molecule has 1 rings (SSSR count). The van der Waals surface area contributed by atoms with Crippen molar-refractivity contribution >= 4 is 5.97 Å². The van der Waals surface area contributed by atoms with Gasteiger partial charge in [-0.25, -0.2) is 0 Å². The van der Waals surface area contributed by atoms with Crippen molar-refractivity contribution in [1.29, 1.82) is 0 Å². The van der Waals surface area contributed by atoms with Gasteiger partial charge < -0.3 is 5.11 Å². The predicted octanol–water partition coefficient (Wildman–Crippen LogP) is 2.36. The summed E-state index contributed by atoms with van der Waals surface area (Å²) in [4.78, 5) is 13.1. The van der Waals surface area contributed by atoms with E-state index in [1.165, 1.54) is 12.8 Å². The molecule has 0 aliphatic heterocycles. The number of carbonyl (C=O) groups is 1. The molecule has 1 aliphatic rings. The highest BCUT2D eigenvalue weighted by Crippen LogP contribution is 2.28. The molecule has 3 atom stereocenters. The fourth-order valence-electron chi connectivity index (χ4n) is 2.66. The lowest BCUT2D eigenvalue weighted by Gasteiger charge is -2.37. The van der Waals surface area contributed by atoms with Crippen LogP contribution in [0.1, 0.15) is 46.0 Å². The molecule has 0 bridgehead atoms. The SMILES string of the molecule is CCC(C(=O)O)N(C)C1CCCC(C)C1. The van der Waals surface area contributed by atoms with Crippen LogP contribution in [0.2, 0.25) is 0 Å². The van der Waals surface area contributed by atoms with E-state index < -0.39 is 5.97 Å². The summed E-state index contributed by atoms with van der Waals surface area (Å²) in [5, 5.41) is 9.10. The van der Waals surface area contributed by atoms with E-state index in [1.807, 2.05) is 14.0 Å². The quantitative estimate of drug-likeness (QED) is 0.779. The summed E-state index contributed by atoms with van der Waals surface area (Å²) in [6, 6.07) is 0.162. The molecule has 0 aromatic carbocycles. The molecule has 88 valence electrons. The minimum atomic E-state index is -0.682. The lowest BCUT2D eigenvalue weighted by atomic mass is 9.86. The monoisotopic (exact) mass is 213 g/mol. The molecular weight excluding hydrogens is 190 g/mol. The van der Waals surface area contributed by atoms with Crippen LogP contribution in [-0.4, -0.2) is 35.1 Å². The van der Waals surface area contributed by atoms with E-state index in [4.69, 9.17) is 5.11 Å². The third-order valence-electron chi connectivity index (χ3n) is 3.65. The van der Waals surface area contributed by atoms with Crippen LogP contribution in [0.3, 0.4) is 0 Å². The Balaban J connectivity index is 2.57. The Hall–Kier alpha value is -0.570. The third kappa shape index (κ3) is 3.20. The molecule has 1 N–H and O–H groups in total. The van der Waals surface area contributed by atoms with Crippen molar-refractivity contribution in [3.63, 3.8) is 0 Å². The lowest BCUT2D eigenvalue weighted by Crippen LogP contribution is -2.46. The number of carboxylic acid groups (broad SMARTS) is 1. The van der Waals surface area contributed by atoms with Gasteiger partial charge in [-0.3, -0.25) is 9.69 Å². The Morgan fingerprint density at radius 2 is 2.20 bits per heavy atom. The molecule has 0 amide bonds. The fraction of sp³-hybridized carbons (Fsp3) is 0.917. The van der Waals surface area contributed by atoms with Crippen LogP contribution in [0.5, 0.6) is 0 Å². The zero-order valence-corrected chi connectivity index (χ0v) is 10.1. The first-order valence-electron chi connectivity index (χ1n) is 6.01. The van der Waals surface area contributed by atoms with Crippen molar-refractivity contribution in [2.45, 2.75) is 58.0 Å². The van der Waals surface area contributed by atoms with Crippen LogP contribution in [0.15, 0.2) is 0 Å². The van der Waals surface area contributed by atoms with Crippen LogP contribution in [0.4, 0.5) is 0 Å². The van der Waals surface area contributed by atoms with Crippen LogP contribution in [0.25, 0.3) is 0 Å². The second-order valence-corrected chi connectivity index (χ2v) is 4.85. The first-order chi connectivity index (χ1) is 7.06. The van der Waals surface area contributed by atoms with E-state index in [2.05, 4.69) is 11.8 Å². The summed E-state index contributed by atoms with van der Waals surface area (Å²) in [5.41, 5.74) is 0. The van der Waals surface area contributed by atoms with E-state index in [0.717, 1.165) is 18.8 Å². The van der Waals surface area contributed by atoms with E-state index in [0.29, 0.717) is 12.5 Å². The van der Waals surface area contributed by atoms with Crippen molar-refractivity contribution in [2.24, 2.45) is 5.92 Å². The molecule has 3 heteroatoms. The Morgan fingerprint density at radius 3 is 2.67 bits per heavy atom. The summed E-state index contributed by atoms with van der Waals surface area (Å²) in [6.45, 7) is 4.21. The van der Waals surface area contributed by atoms with Crippen molar-refractivity contribution in [1.82, 2.24) is 4.90 Å². The van der Waals surface area contributed by atoms with Gasteiger partial charge in [0.25, 0.3) is 0 Å². The zero-order valence-electron chi connectivity index (χ0n) is 10.1. The van der Waals surface area contributed by atoms with Crippen molar-refractivity contribution in [2.75, 3.05) is 7.05 Å². The molecule has 1 saturated carbocycles. The maximum Gasteiger partial charge on any atom is 0.320 e. The minimum Gasteiger partial charge on any atom is -0.480 e. The molecule has 3 unspecified atom stereocenters.